The first-order valence-corrected chi connectivity index (χ1v) is 11.3. The second kappa shape index (κ2) is 14.3. The van der Waals surface area contributed by atoms with Crippen LogP contribution in [0.5, 0.6) is 0 Å². The van der Waals surface area contributed by atoms with E-state index in [0.717, 1.165) is 16.7 Å². The number of nitrogens with one attached hydrogen (secondary N) is 2. The number of hydrogen-bond donors (Lipinski definition) is 5. The third-order valence-electron chi connectivity index (χ3n) is 5.13. The third kappa shape index (κ3) is 10.2. The molecule has 9 heteroatoms. The first-order chi connectivity index (χ1) is 16.3. The van der Waals surface area contributed by atoms with Crippen LogP contribution in [0.1, 0.15) is 37.7 Å². The Hall–Kier alpha value is -3.88. The molecule has 34 heavy (non-hydrogen) atoms. The summed E-state index contributed by atoms with van der Waals surface area (Å²) >= 11 is 0. The monoisotopic (exact) mass is 467 g/mol. The Morgan fingerprint density at radius 1 is 0.882 bits per heavy atom. The van der Waals surface area contributed by atoms with Crippen LogP contribution < -0.4 is 22.1 Å². The van der Waals surface area contributed by atoms with Crippen molar-refractivity contribution in [3.05, 3.63) is 60.2 Å². The van der Waals surface area contributed by atoms with E-state index in [-0.39, 0.29) is 37.2 Å². The van der Waals surface area contributed by atoms with Crippen molar-refractivity contribution < 1.29 is 19.5 Å². The van der Waals surface area contributed by atoms with Gasteiger partial charge in [0.05, 0.1) is 0 Å². The SMILES string of the molecule is NC(N)=NCCCCC(=O)N[C@@H](Cc1ccc(-c2ccccc2)cc1)C(=O)NCCCC(=O)O. The van der Waals surface area contributed by atoms with Gasteiger partial charge >= 0.3 is 5.97 Å². The van der Waals surface area contributed by atoms with Crippen LogP contribution in [-0.4, -0.2) is 48.0 Å². The minimum Gasteiger partial charge on any atom is -0.481 e. The minimum absolute atomic E-state index is 0.0161. The smallest absolute Gasteiger partial charge is 0.303 e. The number of carboxylic acid groups (broad SMARTS) is 1. The Bertz CT molecular complexity index is 957. The van der Waals surface area contributed by atoms with Gasteiger partial charge in [0.15, 0.2) is 5.96 Å². The van der Waals surface area contributed by atoms with Gasteiger partial charge in [0.1, 0.15) is 6.04 Å². The number of nitrogens with two attached hydrogens (primary N) is 2. The molecule has 2 rings (SSSR count). The van der Waals surface area contributed by atoms with Gasteiger partial charge in [0.25, 0.3) is 0 Å². The third-order valence-corrected chi connectivity index (χ3v) is 5.13. The van der Waals surface area contributed by atoms with E-state index in [4.69, 9.17) is 16.6 Å². The highest BCUT2D eigenvalue weighted by Crippen LogP contribution is 2.19. The van der Waals surface area contributed by atoms with Gasteiger partial charge < -0.3 is 27.2 Å². The van der Waals surface area contributed by atoms with Gasteiger partial charge in [-0.2, -0.15) is 0 Å². The lowest BCUT2D eigenvalue weighted by Gasteiger charge is -2.19. The van der Waals surface area contributed by atoms with E-state index in [1.54, 1.807) is 0 Å². The molecule has 0 spiro atoms. The molecule has 2 aromatic carbocycles. The number of guanidine groups is 1. The number of amides is 2. The summed E-state index contributed by atoms with van der Waals surface area (Å²) in [6.07, 6.45) is 2.08. The molecule has 0 saturated carbocycles. The van der Waals surface area contributed by atoms with Crippen molar-refractivity contribution in [2.75, 3.05) is 13.1 Å². The maximum absolute atomic E-state index is 12.7. The molecule has 0 aliphatic heterocycles. The molecule has 1 atom stereocenters. The molecule has 0 fully saturated rings. The number of unbranched alkanes of at least 4 members (excludes halogenated alkanes) is 1. The van der Waals surface area contributed by atoms with Crippen LogP contribution in [0.2, 0.25) is 0 Å². The number of hydrogen-bond acceptors (Lipinski definition) is 4. The zero-order valence-corrected chi connectivity index (χ0v) is 19.2. The fourth-order valence-corrected chi connectivity index (χ4v) is 3.36. The van der Waals surface area contributed by atoms with Crippen molar-refractivity contribution in [2.24, 2.45) is 16.5 Å². The summed E-state index contributed by atoms with van der Waals surface area (Å²) < 4.78 is 0. The molecule has 2 amide bonds. The Labute approximate surface area is 199 Å². The Morgan fingerprint density at radius 3 is 2.21 bits per heavy atom. The molecule has 182 valence electrons. The number of aliphatic imine (C=N–C) groups is 1. The van der Waals surface area contributed by atoms with Gasteiger partial charge in [-0.3, -0.25) is 19.4 Å². The summed E-state index contributed by atoms with van der Waals surface area (Å²) in [5.41, 5.74) is 13.6. The lowest BCUT2D eigenvalue weighted by Crippen LogP contribution is -2.48. The van der Waals surface area contributed by atoms with Gasteiger partial charge in [-0.25, -0.2) is 0 Å². The van der Waals surface area contributed by atoms with Crippen LogP contribution in [0.3, 0.4) is 0 Å². The predicted octanol–water partition coefficient (Wildman–Crippen LogP) is 1.81. The van der Waals surface area contributed by atoms with E-state index in [9.17, 15) is 14.4 Å². The highest BCUT2D eigenvalue weighted by atomic mass is 16.4. The van der Waals surface area contributed by atoms with Crippen LogP contribution in [0.25, 0.3) is 11.1 Å². The Morgan fingerprint density at radius 2 is 1.56 bits per heavy atom. The summed E-state index contributed by atoms with van der Waals surface area (Å²) in [4.78, 5) is 39.8. The van der Waals surface area contributed by atoms with Crippen molar-refractivity contribution in [3.8, 4) is 11.1 Å². The fourth-order valence-electron chi connectivity index (χ4n) is 3.36. The second-order valence-electron chi connectivity index (χ2n) is 7.94. The van der Waals surface area contributed by atoms with E-state index in [0.29, 0.717) is 32.2 Å². The first kappa shape index (κ1) is 26.4. The summed E-state index contributed by atoms with van der Waals surface area (Å²) in [5.74, 6) is -1.48. The van der Waals surface area contributed by atoms with Crippen molar-refractivity contribution >= 4 is 23.7 Å². The van der Waals surface area contributed by atoms with Crippen molar-refractivity contribution in [2.45, 2.75) is 44.6 Å². The standard InChI is InChI=1S/C25H33N5O4/c26-25(27)29-15-5-4-9-22(31)30-21(24(34)28-16-6-10-23(32)33)17-18-11-13-20(14-12-18)19-7-2-1-3-8-19/h1-3,7-8,11-14,21H,4-6,9-10,15-17H2,(H,28,34)(H,30,31)(H,32,33)(H4,26,27,29)/t21-/m0/s1. The summed E-state index contributed by atoms with van der Waals surface area (Å²) in [7, 11) is 0. The van der Waals surface area contributed by atoms with Gasteiger partial charge in [0.2, 0.25) is 11.8 Å². The first-order valence-electron chi connectivity index (χ1n) is 11.3. The van der Waals surface area contributed by atoms with E-state index in [2.05, 4.69) is 15.6 Å². The molecule has 9 nitrogen and oxygen atoms in total. The Balaban J connectivity index is 1.98. The molecular weight excluding hydrogens is 434 g/mol. The second-order valence-corrected chi connectivity index (χ2v) is 7.94. The van der Waals surface area contributed by atoms with Crippen LogP contribution in [0.4, 0.5) is 0 Å². The maximum Gasteiger partial charge on any atom is 0.303 e. The molecule has 0 radical (unpaired) electrons. The van der Waals surface area contributed by atoms with Crippen molar-refractivity contribution in [1.29, 1.82) is 0 Å². The number of carbonyl (C=O) groups is 3. The van der Waals surface area contributed by atoms with E-state index < -0.39 is 12.0 Å². The number of carboxylic acids is 1. The van der Waals surface area contributed by atoms with Gasteiger partial charge in [-0.05, 0) is 36.0 Å². The average molecular weight is 468 g/mol. The van der Waals surface area contributed by atoms with Gasteiger partial charge in [-0.1, -0.05) is 54.6 Å². The van der Waals surface area contributed by atoms with Crippen molar-refractivity contribution in [1.82, 2.24) is 10.6 Å². The largest absolute Gasteiger partial charge is 0.481 e. The van der Waals surface area contributed by atoms with Gasteiger partial charge in [0, 0.05) is 32.4 Å². The van der Waals surface area contributed by atoms with Gasteiger partial charge in [-0.15, -0.1) is 0 Å². The zero-order chi connectivity index (χ0) is 24.8. The Kier molecular flexibility index (Phi) is 11.1. The summed E-state index contributed by atoms with van der Waals surface area (Å²) in [6, 6.07) is 17.0. The normalized spacial score (nSPS) is 11.3. The molecule has 2 aromatic rings. The highest BCUT2D eigenvalue weighted by Gasteiger charge is 2.21. The molecule has 0 unspecified atom stereocenters. The van der Waals surface area contributed by atoms with E-state index in [1.807, 2.05) is 54.6 Å². The number of nitrogens with zero attached hydrogens (tertiary/aromatic N) is 1. The molecule has 0 aliphatic carbocycles. The molecule has 7 N–H and O–H groups in total. The highest BCUT2D eigenvalue weighted by molar-refractivity contribution is 5.88. The number of rotatable bonds is 14. The van der Waals surface area contributed by atoms with Crippen LogP contribution >= 0.6 is 0 Å². The van der Waals surface area contributed by atoms with Crippen molar-refractivity contribution in [3.63, 3.8) is 0 Å². The minimum atomic E-state index is -0.918. The molecular formula is C25H33N5O4. The molecule has 0 bridgehead atoms. The lowest BCUT2D eigenvalue weighted by atomic mass is 10.00. The number of carbonyl (C=O) groups excluding carboxylic acids is 2. The zero-order valence-electron chi connectivity index (χ0n) is 19.2. The quantitative estimate of drug-likeness (QED) is 0.162. The summed E-state index contributed by atoms with van der Waals surface area (Å²) in [6.45, 7) is 0.667. The maximum atomic E-state index is 12.7. The number of benzene rings is 2. The molecule has 0 saturated heterocycles. The summed E-state index contributed by atoms with van der Waals surface area (Å²) in [5, 5.41) is 14.3. The average Bonchev–Trinajstić information content (AvgIpc) is 2.81. The topological polar surface area (TPSA) is 160 Å². The fraction of sp³-hybridized carbons (Fsp3) is 0.360. The molecule has 0 aromatic heterocycles. The lowest BCUT2D eigenvalue weighted by molar-refractivity contribution is -0.137. The van der Waals surface area contributed by atoms with Crippen LogP contribution in [0, 0.1) is 0 Å². The van der Waals surface area contributed by atoms with E-state index >= 15 is 0 Å². The molecule has 0 heterocycles. The van der Waals surface area contributed by atoms with E-state index in [1.165, 1.54) is 0 Å². The number of aliphatic carboxylic acids is 1. The van der Waals surface area contributed by atoms with Crippen LogP contribution in [-0.2, 0) is 20.8 Å². The predicted molar refractivity (Wildman–Crippen MR) is 132 cm³/mol. The van der Waals surface area contributed by atoms with Crippen LogP contribution in [0.15, 0.2) is 59.6 Å². The molecule has 0 aliphatic rings.